The molecule has 1 amide bonds. The van der Waals surface area contributed by atoms with E-state index >= 15 is 0 Å². The summed E-state index contributed by atoms with van der Waals surface area (Å²) in [4.78, 5) is 17.6. The van der Waals surface area contributed by atoms with Gasteiger partial charge in [0.25, 0.3) is 0 Å². The third kappa shape index (κ3) is 5.02. The van der Waals surface area contributed by atoms with Crippen LogP contribution in [0.4, 0.5) is 4.79 Å². The first-order chi connectivity index (χ1) is 17.4. The first-order valence-electron chi connectivity index (χ1n) is 12.1. The lowest BCUT2D eigenvalue weighted by molar-refractivity contribution is 0.222. The van der Waals surface area contributed by atoms with Crippen LogP contribution in [0.2, 0.25) is 0 Å². The number of rotatable bonds is 7. The van der Waals surface area contributed by atoms with Crippen molar-refractivity contribution >= 4 is 33.7 Å². The number of carbonyl (C=O) groups is 1. The highest BCUT2D eigenvalue weighted by Gasteiger charge is 2.23. The highest BCUT2D eigenvalue weighted by Crippen LogP contribution is 2.30. The minimum atomic E-state index is -0.0260. The summed E-state index contributed by atoms with van der Waals surface area (Å²) in [6.45, 7) is 7.80. The Morgan fingerprint density at radius 3 is 2.58 bits per heavy atom. The highest BCUT2D eigenvalue weighted by atomic mass is 32.2. The van der Waals surface area contributed by atoms with Crippen LogP contribution in [0.5, 0.6) is 5.75 Å². The molecule has 5 rings (SSSR count). The topological polar surface area (TPSA) is 59.7 Å². The Balaban J connectivity index is 1.52. The van der Waals surface area contributed by atoms with Crippen LogP contribution in [0, 0.1) is 12.8 Å². The van der Waals surface area contributed by atoms with Gasteiger partial charge in [0, 0.05) is 23.4 Å². The number of aromatic nitrogens is 2. The molecule has 0 spiro atoms. The second kappa shape index (κ2) is 10.2. The van der Waals surface area contributed by atoms with Gasteiger partial charge in [0.15, 0.2) is 0 Å². The molecular formula is C29H30N4O2S. The smallest absolute Gasteiger partial charge is 0.302 e. The summed E-state index contributed by atoms with van der Waals surface area (Å²) >= 11 is 1.29. The number of hydrogen-bond donors (Lipinski definition) is 0. The lowest BCUT2D eigenvalue weighted by Gasteiger charge is -2.23. The zero-order chi connectivity index (χ0) is 25.2. The Morgan fingerprint density at radius 1 is 1.03 bits per heavy atom. The third-order valence-corrected chi connectivity index (χ3v) is 7.07. The van der Waals surface area contributed by atoms with Crippen LogP contribution in [0.1, 0.15) is 30.5 Å². The van der Waals surface area contributed by atoms with Crippen molar-refractivity contribution < 1.29 is 9.53 Å². The van der Waals surface area contributed by atoms with E-state index in [1.165, 1.54) is 17.3 Å². The molecule has 0 unspecified atom stereocenters. The van der Waals surface area contributed by atoms with Crippen LogP contribution in [-0.2, 0) is 13.1 Å². The Kier molecular flexibility index (Phi) is 6.83. The average molecular weight is 499 g/mol. The Hall–Kier alpha value is -3.58. The number of hydrazone groups is 1. The van der Waals surface area contributed by atoms with E-state index < -0.39 is 0 Å². The van der Waals surface area contributed by atoms with Crippen molar-refractivity contribution in [3.63, 3.8) is 0 Å². The minimum absolute atomic E-state index is 0.0260. The van der Waals surface area contributed by atoms with Gasteiger partial charge in [0.1, 0.15) is 11.6 Å². The van der Waals surface area contributed by atoms with E-state index in [1.54, 1.807) is 12.1 Å². The molecule has 0 saturated heterocycles. The van der Waals surface area contributed by atoms with Gasteiger partial charge in [-0.3, -0.25) is 4.79 Å². The summed E-state index contributed by atoms with van der Waals surface area (Å²) < 4.78 is 7.73. The van der Waals surface area contributed by atoms with Crippen molar-refractivity contribution in [2.45, 2.75) is 33.9 Å². The molecule has 0 radical (unpaired) electrons. The number of aryl methyl sites for hydroxylation is 1. The molecule has 4 aromatic rings. The molecule has 6 nitrogen and oxygen atoms in total. The predicted molar refractivity (Wildman–Crippen MR) is 148 cm³/mol. The summed E-state index contributed by atoms with van der Waals surface area (Å²) in [6, 6.07) is 22.5. The molecular weight excluding hydrogens is 468 g/mol. The largest absolute Gasteiger partial charge is 0.497 e. The average Bonchev–Trinajstić information content (AvgIpc) is 3.23. The molecule has 0 N–H and O–H groups in total. The number of thioether (sulfide) groups is 1. The number of imidazole rings is 1. The fraction of sp³-hybridized carbons (Fsp3) is 0.276. The summed E-state index contributed by atoms with van der Waals surface area (Å²) in [6.07, 6.45) is 0. The van der Waals surface area contributed by atoms with E-state index in [9.17, 15) is 4.79 Å². The van der Waals surface area contributed by atoms with E-state index in [0.717, 1.165) is 51.6 Å². The van der Waals surface area contributed by atoms with Gasteiger partial charge < -0.3 is 9.30 Å². The number of fused-ring (bicyclic) bond motifs is 1. The van der Waals surface area contributed by atoms with Crippen LogP contribution in [0.25, 0.3) is 22.4 Å². The van der Waals surface area contributed by atoms with Crippen molar-refractivity contribution in [2.75, 3.05) is 12.9 Å². The van der Waals surface area contributed by atoms with Crippen molar-refractivity contribution in [1.29, 1.82) is 0 Å². The quantitative estimate of drug-likeness (QED) is 0.283. The molecule has 1 aromatic heterocycles. The predicted octanol–water partition coefficient (Wildman–Crippen LogP) is 6.75. The molecule has 3 aromatic carbocycles. The van der Waals surface area contributed by atoms with Gasteiger partial charge in [-0.15, -0.1) is 0 Å². The van der Waals surface area contributed by atoms with Crippen molar-refractivity contribution in [2.24, 2.45) is 11.0 Å². The van der Waals surface area contributed by atoms with E-state index in [-0.39, 0.29) is 5.24 Å². The molecule has 2 heterocycles. The maximum absolute atomic E-state index is 12.6. The maximum Gasteiger partial charge on any atom is 0.302 e. The van der Waals surface area contributed by atoms with Gasteiger partial charge in [-0.2, -0.15) is 5.10 Å². The van der Waals surface area contributed by atoms with Gasteiger partial charge in [-0.1, -0.05) is 73.6 Å². The maximum atomic E-state index is 12.6. The van der Waals surface area contributed by atoms with Gasteiger partial charge in [0.2, 0.25) is 0 Å². The zero-order valence-electron chi connectivity index (χ0n) is 21.1. The number of hydrogen-bond acceptors (Lipinski definition) is 5. The SMILES string of the molecule is COc1cccc(-c2nc3cc(C4=NN(Cc5ccc(C)cc5)C(=O)SC4)ccc3n2CC(C)C)c1. The summed E-state index contributed by atoms with van der Waals surface area (Å²) in [5.41, 5.74) is 7.15. The molecule has 0 aliphatic carbocycles. The monoisotopic (exact) mass is 498 g/mol. The Bertz CT molecular complexity index is 1440. The van der Waals surface area contributed by atoms with E-state index in [2.05, 4.69) is 61.7 Å². The molecule has 0 atom stereocenters. The molecule has 0 bridgehead atoms. The second-order valence-electron chi connectivity index (χ2n) is 9.52. The number of methoxy groups -OCH3 is 1. The minimum Gasteiger partial charge on any atom is -0.497 e. The van der Waals surface area contributed by atoms with Crippen LogP contribution in [0.15, 0.2) is 71.8 Å². The zero-order valence-corrected chi connectivity index (χ0v) is 21.9. The summed E-state index contributed by atoms with van der Waals surface area (Å²) in [5, 5.41) is 6.29. The normalized spacial score (nSPS) is 14.0. The summed E-state index contributed by atoms with van der Waals surface area (Å²) in [7, 11) is 1.68. The van der Waals surface area contributed by atoms with Crippen molar-refractivity contribution in [1.82, 2.24) is 14.6 Å². The molecule has 36 heavy (non-hydrogen) atoms. The van der Waals surface area contributed by atoms with Crippen LogP contribution >= 0.6 is 11.8 Å². The molecule has 7 heteroatoms. The van der Waals surface area contributed by atoms with Gasteiger partial charge in [-0.25, -0.2) is 9.99 Å². The third-order valence-electron chi connectivity index (χ3n) is 6.19. The van der Waals surface area contributed by atoms with Gasteiger partial charge in [-0.05, 0) is 42.7 Å². The number of carbonyl (C=O) groups excluding carboxylic acids is 1. The molecule has 1 aliphatic heterocycles. The van der Waals surface area contributed by atoms with Crippen LogP contribution in [0.3, 0.4) is 0 Å². The van der Waals surface area contributed by atoms with E-state index in [0.29, 0.717) is 18.2 Å². The highest BCUT2D eigenvalue weighted by molar-refractivity contribution is 8.14. The lowest BCUT2D eigenvalue weighted by Crippen LogP contribution is -2.29. The van der Waals surface area contributed by atoms with Crippen molar-refractivity contribution in [3.05, 3.63) is 83.4 Å². The Morgan fingerprint density at radius 2 is 1.83 bits per heavy atom. The summed E-state index contributed by atoms with van der Waals surface area (Å²) in [5.74, 6) is 2.74. The van der Waals surface area contributed by atoms with E-state index in [1.807, 2.05) is 30.3 Å². The van der Waals surface area contributed by atoms with Crippen LogP contribution < -0.4 is 4.74 Å². The number of ether oxygens (including phenoxy) is 1. The second-order valence-corrected chi connectivity index (χ2v) is 10.4. The fourth-order valence-corrected chi connectivity index (χ4v) is 5.11. The number of amides is 1. The molecule has 0 fully saturated rings. The first-order valence-corrected chi connectivity index (χ1v) is 13.1. The first kappa shape index (κ1) is 24.1. The molecule has 1 aliphatic rings. The molecule has 184 valence electrons. The lowest BCUT2D eigenvalue weighted by atomic mass is 10.1. The molecule has 0 saturated carbocycles. The standard InChI is InChI=1S/C29H30N4O2S/c1-19(2)16-32-27-13-12-22(15-25(27)30-28(32)23-6-5-7-24(14-23)35-4)26-18-36-29(34)33(31-26)17-21-10-8-20(3)9-11-21/h5-15,19H,16-18H2,1-4H3. The van der Waals surface area contributed by atoms with Crippen molar-refractivity contribution in [3.8, 4) is 17.1 Å². The number of benzene rings is 3. The fourth-order valence-electron chi connectivity index (χ4n) is 4.37. The van der Waals surface area contributed by atoms with E-state index in [4.69, 9.17) is 14.8 Å². The van der Waals surface area contributed by atoms with Crippen LogP contribution in [-0.4, -0.2) is 38.4 Å². The Labute approximate surface area is 216 Å². The van der Waals surface area contributed by atoms with Gasteiger partial charge >= 0.3 is 5.24 Å². The van der Waals surface area contributed by atoms with Gasteiger partial charge in [0.05, 0.1) is 30.4 Å². The number of nitrogens with zero attached hydrogens (tertiary/aromatic N) is 4.